The van der Waals surface area contributed by atoms with E-state index in [1.54, 1.807) is 24.3 Å². The Bertz CT molecular complexity index is 657. The Balaban J connectivity index is 1.72. The maximum atomic E-state index is 12.1. The molecule has 0 bridgehead atoms. The van der Waals surface area contributed by atoms with Gasteiger partial charge >= 0.3 is 0 Å². The van der Waals surface area contributed by atoms with E-state index in [0.717, 1.165) is 0 Å². The van der Waals surface area contributed by atoms with Crippen molar-refractivity contribution in [3.63, 3.8) is 0 Å². The van der Waals surface area contributed by atoms with Gasteiger partial charge in [-0.1, -0.05) is 13.0 Å². The van der Waals surface area contributed by atoms with E-state index in [0.29, 0.717) is 42.6 Å². The fourth-order valence-corrected chi connectivity index (χ4v) is 4.30. The molecule has 1 aliphatic heterocycles. The third kappa shape index (κ3) is 3.05. The second-order valence-corrected chi connectivity index (χ2v) is 7.99. The highest BCUT2D eigenvalue weighted by Gasteiger charge is 2.32. The molecule has 1 N–H and O–H groups in total. The van der Waals surface area contributed by atoms with Gasteiger partial charge in [0.2, 0.25) is 10.0 Å². The lowest BCUT2D eigenvalue weighted by molar-refractivity contribution is 0.0951. The van der Waals surface area contributed by atoms with Crippen LogP contribution in [-0.4, -0.2) is 33.2 Å². The summed E-state index contributed by atoms with van der Waals surface area (Å²) < 4.78 is 25.3. The molecule has 1 saturated heterocycles. The van der Waals surface area contributed by atoms with Crippen molar-refractivity contribution < 1.29 is 13.2 Å². The first-order valence-electron chi connectivity index (χ1n) is 7.36. The van der Waals surface area contributed by atoms with Crippen molar-refractivity contribution in [2.45, 2.75) is 19.8 Å². The van der Waals surface area contributed by atoms with Gasteiger partial charge in [-0.3, -0.25) is 9.10 Å². The van der Waals surface area contributed by atoms with E-state index in [-0.39, 0.29) is 11.7 Å². The number of carbonyl (C=O) groups excluding carboxylic acids is 1. The highest BCUT2D eigenvalue weighted by molar-refractivity contribution is 7.93. The maximum absolute atomic E-state index is 12.1. The van der Waals surface area contributed by atoms with Crippen LogP contribution in [0, 0.1) is 11.8 Å². The lowest BCUT2D eigenvalue weighted by Crippen LogP contribution is -2.27. The Labute approximate surface area is 125 Å². The Morgan fingerprint density at radius 3 is 2.81 bits per heavy atom. The second-order valence-electron chi connectivity index (χ2n) is 5.98. The van der Waals surface area contributed by atoms with Crippen LogP contribution in [0.5, 0.6) is 0 Å². The van der Waals surface area contributed by atoms with E-state index >= 15 is 0 Å². The van der Waals surface area contributed by atoms with Crippen LogP contribution in [0.3, 0.4) is 0 Å². The zero-order valence-corrected chi connectivity index (χ0v) is 12.9. The molecular weight excluding hydrogens is 288 g/mol. The van der Waals surface area contributed by atoms with Gasteiger partial charge in [-0.05, 0) is 42.9 Å². The van der Waals surface area contributed by atoms with Gasteiger partial charge in [0.1, 0.15) is 0 Å². The number of amides is 1. The molecular formula is C15H20N2O3S. The summed E-state index contributed by atoms with van der Waals surface area (Å²) in [5.74, 6) is 1.35. The number of rotatable bonds is 4. The fourth-order valence-electron chi connectivity index (χ4n) is 2.74. The van der Waals surface area contributed by atoms with Gasteiger partial charge in [0, 0.05) is 18.7 Å². The lowest BCUT2D eigenvalue weighted by atomic mass is 10.2. The quantitative estimate of drug-likeness (QED) is 0.919. The minimum absolute atomic E-state index is 0.132. The number of nitrogens with zero attached hydrogens (tertiary/aromatic N) is 1. The van der Waals surface area contributed by atoms with Crippen molar-refractivity contribution in [1.29, 1.82) is 0 Å². The number of benzene rings is 1. The molecule has 1 saturated carbocycles. The summed E-state index contributed by atoms with van der Waals surface area (Å²) in [5, 5.41) is 2.92. The molecule has 2 fully saturated rings. The maximum Gasteiger partial charge on any atom is 0.251 e. The minimum Gasteiger partial charge on any atom is -0.352 e. The number of sulfonamides is 1. The molecule has 1 amide bonds. The summed E-state index contributed by atoms with van der Waals surface area (Å²) in [6, 6.07) is 6.85. The molecule has 1 aromatic carbocycles. The molecule has 1 aromatic rings. The summed E-state index contributed by atoms with van der Waals surface area (Å²) in [4.78, 5) is 12.1. The van der Waals surface area contributed by atoms with Gasteiger partial charge in [0.05, 0.1) is 11.4 Å². The van der Waals surface area contributed by atoms with Crippen molar-refractivity contribution in [3.8, 4) is 0 Å². The number of carbonyl (C=O) groups is 1. The van der Waals surface area contributed by atoms with Crippen molar-refractivity contribution in [3.05, 3.63) is 29.8 Å². The number of anilines is 1. The van der Waals surface area contributed by atoms with Crippen LogP contribution in [0.15, 0.2) is 24.3 Å². The van der Waals surface area contributed by atoms with Crippen molar-refractivity contribution in [2.24, 2.45) is 11.8 Å². The largest absolute Gasteiger partial charge is 0.352 e. The first-order valence-corrected chi connectivity index (χ1v) is 8.97. The lowest BCUT2D eigenvalue weighted by Gasteiger charge is -2.17. The van der Waals surface area contributed by atoms with Crippen LogP contribution >= 0.6 is 0 Å². The standard InChI is InChI=1S/C15H20N2O3S/c1-11-8-13(11)10-16-15(18)12-4-2-5-14(9-12)17-6-3-7-21(17,19)20/h2,4-5,9,11,13H,3,6-8,10H2,1H3,(H,16,18)/t11-,13+/m1/s1. The van der Waals surface area contributed by atoms with Gasteiger partial charge in [0.15, 0.2) is 0 Å². The molecule has 21 heavy (non-hydrogen) atoms. The van der Waals surface area contributed by atoms with Gasteiger partial charge in [0.25, 0.3) is 5.91 Å². The van der Waals surface area contributed by atoms with E-state index in [9.17, 15) is 13.2 Å². The number of nitrogens with one attached hydrogen (secondary N) is 1. The number of hydrogen-bond acceptors (Lipinski definition) is 3. The summed E-state index contributed by atoms with van der Waals surface area (Å²) in [6.45, 7) is 3.37. The summed E-state index contributed by atoms with van der Waals surface area (Å²) in [7, 11) is -3.20. The zero-order valence-electron chi connectivity index (χ0n) is 12.1. The van der Waals surface area contributed by atoms with E-state index < -0.39 is 10.0 Å². The van der Waals surface area contributed by atoms with Crippen molar-refractivity contribution in [2.75, 3.05) is 23.1 Å². The van der Waals surface area contributed by atoms with Crippen molar-refractivity contribution in [1.82, 2.24) is 5.32 Å². The van der Waals surface area contributed by atoms with E-state index in [4.69, 9.17) is 0 Å². The molecule has 0 spiro atoms. The molecule has 114 valence electrons. The molecule has 1 aliphatic carbocycles. The Kier molecular flexibility index (Phi) is 3.65. The molecule has 0 radical (unpaired) electrons. The van der Waals surface area contributed by atoms with Crippen LogP contribution in [0.2, 0.25) is 0 Å². The van der Waals surface area contributed by atoms with E-state index in [1.165, 1.54) is 10.7 Å². The summed E-state index contributed by atoms with van der Waals surface area (Å²) in [5.41, 5.74) is 1.10. The predicted octanol–water partition coefficient (Wildman–Crippen LogP) is 1.61. The topological polar surface area (TPSA) is 66.5 Å². The third-order valence-corrected chi connectivity index (χ3v) is 6.17. The van der Waals surface area contributed by atoms with Crippen LogP contribution in [0.25, 0.3) is 0 Å². The van der Waals surface area contributed by atoms with Gasteiger partial charge < -0.3 is 5.32 Å². The fraction of sp³-hybridized carbons (Fsp3) is 0.533. The SMILES string of the molecule is C[C@@H]1C[C@H]1CNC(=O)c1cccc(N2CCCS2(=O)=O)c1. The molecule has 2 aliphatic rings. The second kappa shape index (κ2) is 5.33. The highest BCUT2D eigenvalue weighted by atomic mass is 32.2. The molecule has 3 rings (SSSR count). The Morgan fingerprint density at radius 2 is 2.19 bits per heavy atom. The van der Waals surface area contributed by atoms with E-state index in [1.807, 2.05) is 0 Å². The number of hydrogen-bond donors (Lipinski definition) is 1. The van der Waals surface area contributed by atoms with Gasteiger partial charge in [-0.2, -0.15) is 0 Å². The Hall–Kier alpha value is -1.56. The van der Waals surface area contributed by atoms with Crippen LogP contribution in [-0.2, 0) is 10.0 Å². The first-order chi connectivity index (χ1) is 9.97. The summed E-state index contributed by atoms with van der Waals surface area (Å²) in [6.07, 6.45) is 1.81. The minimum atomic E-state index is -3.20. The van der Waals surface area contributed by atoms with Crippen LogP contribution in [0.1, 0.15) is 30.1 Å². The van der Waals surface area contributed by atoms with Crippen LogP contribution < -0.4 is 9.62 Å². The molecule has 0 aromatic heterocycles. The average molecular weight is 308 g/mol. The van der Waals surface area contributed by atoms with Gasteiger partial charge in [-0.15, -0.1) is 0 Å². The summed E-state index contributed by atoms with van der Waals surface area (Å²) >= 11 is 0. The van der Waals surface area contributed by atoms with Gasteiger partial charge in [-0.25, -0.2) is 8.42 Å². The molecule has 0 unspecified atom stereocenters. The smallest absolute Gasteiger partial charge is 0.251 e. The Morgan fingerprint density at radius 1 is 1.43 bits per heavy atom. The highest BCUT2D eigenvalue weighted by Crippen LogP contribution is 2.36. The average Bonchev–Trinajstić information content (AvgIpc) is 3.04. The first kappa shape index (κ1) is 14.4. The third-order valence-electron chi connectivity index (χ3n) is 4.30. The van der Waals surface area contributed by atoms with Crippen LogP contribution in [0.4, 0.5) is 5.69 Å². The predicted molar refractivity (Wildman–Crippen MR) is 81.8 cm³/mol. The monoisotopic (exact) mass is 308 g/mol. The van der Waals surface area contributed by atoms with Crippen molar-refractivity contribution >= 4 is 21.6 Å². The normalized spacial score (nSPS) is 26.6. The molecule has 6 heteroatoms. The molecule has 2 atom stereocenters. The van der Waals surface area contributed by atoms with E-state index in [2.05, 4.69) is 12.2 Å². The molecule has 5 nitrogen and oxygen atoms in total. The molecule has 1 heterocycles. The zero-order chi connectivity index (χ0) is 15.0.